The molecule has 2 aliphatic carbocycles. The molecule has 3 rings (SSSR count). The van der Waals surface area contributed by atoms with Gasteiger partial charge < -0.3 is 10.6 Å². The minimum Gasteiger partial charge on any atom is -0.335 e. The molecule has 0 bridgehead atoms. The summed E-state index contributed by atoms with van der Waals surface area (Å²) in [5.74, 6) is 0. The van der Waals surface area contributed by atoms with E-state index in [4.69, 9.17) is 0 Å². The van der Waals surface area contributed by atoms with E-state index < -0.39 is 0 Å². The molecule has 0 radical (unpaired) electrons. The summed E-state index contributed by atoms with van der Waals surface area (Å²) < 4.78 is 0. The van der Waals surface area contributed by atoms with E-state index in [-0.39, 0.29) is 6.03 Å². The number of amides is 2. The molecule has 0 unspecified atom stereocenters. The van der Waals surface area contributed by atoms with Crippen LogP contribution in [0.3, 0.4) is 0 Å². The number of aryl methyl sites for hydroxylation is 2. The van der Waals surface area contributed by atoms with Crippen molar-refractivity contribution >= 4 is 11.7 Å². The van der Waals surface area contributed by atoms with E-state index in [1.807, 2.05) is 6.07 Å². The first-order valence-electron chi connectivity index (χ1n) is 8.00. The third kappa shape index (κ3) is 3.33. The molecule has 0 aromatic heterocycles. The highest BCUT2D eigenvalue weighted by atomic mass is 16.2. The average molecular weight is 272 g/mol. The smallest absolute Gasteiger partial charge is 0.319 e. The summed E-state index contributed by atoms with van der Waals surface area (Å²) >= 11 is 0. The molecule has 3 nitrogen and oxygen atoms in total. The SMILES string of the molecule is O=C(Nc1ccc2c(c1)CCC2)NC1CCCCCC1. The van der Waals surface area contributed by atoms with Gasteiger partial charge in [0.25, 0.3) is 0 Å². The summed E-state index contributed by atoms with van der Waals surface area (Å²) in [5.41, 5.74) is 3.77. The number of hydrogen-bond donors (Lipinski definition) is 2. The standard InChI is InChI=1S/C17H24N2O/c20-17(18-15-8-3-1-2-4-9-15)19-16-11-10-13-6-5-7-14(13)12-16/h10-12,15H,1-9H2,(H2,18,19,20). The van der Waals surface area contributed by atoms with Crippen molar-refractivity contribution in [1.29, 1.82) is 0 Å². The van der Waals surface area contributed by atoms with E-state index in [1.165, 1.54) is 49.7 Å². The van der Waals surface area contributed by atoms with Crippen molar-refractivity contribution in [2.75, 3.05) is 5.32 Å². The molecule has 1 aromatic carbocycles. The summed E-state index contributed by atoms with van der Waals surface area (Å²) in [4.78, 5) is 12.1. The molecular formula is C17H24N2O. The molecule has 108 valence electrons. The third-order valence-corrected chi connectivity index (χ3v) is 4.55. The first-order valence-corrected chi connectivity index (χ1v) is 8.00. The van der Waals surface area contributed by atoms with Gasteiger partial charge in [-0.1, -0.05) is 31.7 Å². The number of anilines is 1. The Kier molecular flexibility index (Phi) is 4.24. The number of hydrogen-bond acceptors (Lipinski definition) is 1. The second kappa shape index (κ2) is 6.29. The molecule has 1 fully saturated rings. The van der Waals surface area contributed by atoms with Crippen LogP contribution in [0.25, 0.3) is 0 Å². The van der Waals surface area contributed by atoms with Gasteiger partial charge in [-0.3, -0.25) is 0 Å². The largest absolute Gasteiger partial charge is 0.335 e. The maximum absolute atomic E-state index is 12.1. The van der Waals surface area contributed by atoms with Crippen molar-refractivity contribution < 1.29 is 4.79 Å². The molecule has 0 spiro atoms. The molecule has 0 saturated heterocycles. The number of benzene rings is 1. The van der Waals surface area contributed by atoms with Crippen molar-refractivity contribution in [3.05, 3.63) is 29.3 Å². The molecule has 2 aliphatic rings. The van der Waals surface area contributed by atoms with Crippen LogP contribution in [0, 0.1) is 0 Å². The topological polar surface area (TPSA) is 41.1 Å². The van der Waals surface area contributed by atoms with Crippen LogP contribution in [0.2, 0.25) is 0 Å². The molecule has 1 aromatic rings. The van der Waals surface area contributed by atoms with E-state index in [9.17, 15) is 4.79 Å². The van der Waals surface area contributed by atoms with Crippen LogP contribution in [0.15, 0.2) is 18.2 Å². The zero-order valence-corrected chi connectivity index (χ0v) is 12.1. The van der Waals surface area contributed by atoms with Crippen LogP contribution in [0.1, 0.15) is 56.1 Å². The second-order valence-electron chi connectivity index (χ2n) is 6.12. The van der Waals surface area contributed by atoms with E-state index in [2.05, 4.69) is 22.8 Å². The fourth-order valence-electron chi connectivity index (χ4n) is 3.43. The van der Waals surface area contributed by atoms with Crippen molar-refractivity contribution in [3.8, 4) is 0 Å². The van der Waals surface area contributed by atoms with Crippen LogP contribution in [0.5, 0.6) is 0 Å². The molecule has 0 atom stereocenters. The molecule has 2 N–H and O–H groups in total. The van der Waals surface area contributed by atoms with Crippen LogP contribution < -0.4 is 10.6 Å². The van der Waals surface area contributed by atoms with Crippen LogP contribution >= 0.6 is 0 Å². The highest BCUT2D eigenvalue weighted by molar-refractivity contribution is 5.89. The Morgan fingerprint density at radius 2 is 1.70 bits per heavy atom. The lowest BCUT2D eigenvalue weighted by molar-refractivity contribution is 0.247. The molecule has 1 saturated carbocycles. The average Bonchev–Trinajstić information content (AvgIpc) is 2.75. The van der Waals surface area contributed by atoms with E-state index >= 15 is 0 Å². The lowest BCUT2D eigenvalue weighted by Crippen LogP contribution is -2.37. The predicted molar refractivity (Wildman–Crippen MR) is 82.1 cm³/mol. The van der Waals surface area contributed by atoms with Gasteiger partial charge in [0, 0.05) is 11.7 Å². The van der Waals surface area contributed by atoms with Gasteiger partial charge in [-0.2, -0.15) is 0 Å². The highest BCUT2D eigenvalue weighted by Gasteiger charge is 2.15. The first-order chi connectivity index (χ1) is 9.81. The van der Waals surface area contributed by atoms with Gasteiger partial charge in [-0.15, -0.1) is 0 Å². The lowest BCUT2D eigenvalue weighted by atomic mass is 10.1. The molecule has 3 heteroatoms. The number of urea groups is 1. The summed E-state index contributed by atoms with van der Waals surface area (Å²) in [6, 6.07) is 6.62. The van der Waals surface area contributed by atoms with Crippen molar-refractivity contribution in [2.45, 2.75) is 63.8 Å². The van der Waals surface area contributed by atoms with Crippen LogP contribution in [0.4, 0.5) is 10.5 Å². The molecule has 2 amide bonds. The second-order valence-corrected chi connectivity index (χ2v) is 6.12. The molecular weight excluding hydrogens is 248 g/mol. The molecule has 20 heavy (non-hydrogen) atoms. The van der Waals surface area contributed by atoms with Gasteiger partial charge in [-0.05, 0) is 55.4 Å². The number of fused-ring (bicyclic) bond motifs is 1. The summed E-state index contributed by atoms with van der Waals surface area (Å²) in [6.07, 6.45) is 10.9. The Labute approximate surface area is 121 Å². The van der Waals surface area contributed by atoms with E-state index in [0.717, 1.165) is 24.9 Å². The molecule has 0 heterocycles. The Bertz CT molecular complexity index is 476. The van der Waals surface area contributed by atoms with Gasteiger partial charge >= 0.3 is 6.03 Å². The summed E-state index contributed by atoms with van der Waals surface area (Å²) in [5, 5.41) is 6.11. The monoisotopic (exact) mass is 272 g/mol. The number of rotatable bonds is 2. The van der Waals surface area contributed by atoms with Gasteiger partial charge in [0.15, 0.2) is 0 Å². The number of nitrogens with one attached hydrogen (secondary N) is 2. The fourth-order valence-corrected chi connectivity index (χ4v) is 3.43. The lowest BCUT2D eigenvalue weighted by Gasteiger charge is -2.17. The predicted octanol–water partition coefficient (Wildman–Crippen LogP) is 4.02. The number of carbonyl (C=O) groups excluding carboxylic acids is 1. The van der Waals surface area contributed by atoms with Gasteiger partial charge in [0.2, 0.25) is 0 Å². The zero-order chi connectivity index (χ0) is 13.8. The summed E-state index contributed by atoms with van der Waals surface area (Å²) in [7, 11) is 0. The van der Waals surface area contributed by atoms with Crippen molar-refractivity contribution in [3.63, 3.8) is 0 Å². The highest BCUT2D eigenvalue weighted by Crippen LogP contribution is 2.25. The number of carbonyl (C=O) groups is 1. The van der Waals surface area contributed by atoms with E-state index in [0.29, 0.717) is 6.04 Å². The van der Waals surface area contributed by atoms with E-state index in [1.54, 1.807) is 0 Å². The van der Waals surface area contributed by atoms with Crippen LogP contribution in [-0.2, 0) is 12.8 Å². The maximum atomic E-state index is 12.1. The first kappa shape index (κ1) is 13.5. The van der Waals surface area contributed by atoms with Gasteiger partial charge in [-0.25, -0.2) is 4.79 Å². The Morgan fingerprint density at radius 3 is 2.50 bits per heavy atom. The minimum absolute atomic E-state index is 0.0464. The molecule has 0 aliphatic heterocycles. The fraction of sp³-hybridized carbons (Fsp3) is 0.588. The Balaban J connectivity index is 1.55. The quantitative estimate of drug-likeness (QED) is 0.784. The third-order valence-electron chi connectivity index (χ3n) is 4.55. The maximum Gasteiger partial charge on any atom is 0.319 e. The Morgan fingerprint density at radius 1 is 0.950 bits per heavy atom. The zero-order valence-electron chi connectivity index (χ0n) is 12.1. The van der Waals surface area contributed by atoms with Crippen molar-refractivity contribution in [1.82, 2.24) is 5.32 Å². The van der Waals surface area contributed by atoms with Crippen LogP contribution in [-0.4, -0.2) is 12.1 Å². The summed E-state index contributed by atoms with van der Waals surface area (Å²) in [6.45, 7) is 0. The normalized spacial score (nSPS) is 19.2. The van der Waals surface area contributed by atoms with Crippen molar-refractivity contribution in [2.24, 2.45) is 0 Å². The Hall–Kier alpha value is -1.51. The van der Waals surface area contributed by atoms with Gasteiger partial charge in [0.1, 0.15) is 0 Å². The minimum atomic E-state index is -0.0464. The van der Waals surface area contributed by atoms with Gasteiger partial charge in [0.05, 0.1) is 0 Å².